The van der Waals surface area contributed by atoms with Gasteiger partial charge >= 0.3 is 18.3 Å². The summed E-state index contributed by atoms with van der Waals surface area (Å²) in [5.74, 6) is -1.30. The number of pyridine rings is 1. The van der Waals surface area contributed by atoms with Crippen LogP contribution in [0.2, 0.25) is 0 Å². The number of rotatable bonds is 2. The predicted molar refractivity (Wildman–Crippen MR) is 67.7 cm³/mol. The minimum atomic E-state index is -5.07. The lowest BCUT2D eigenvalue weighted by molar-refractivity contribution is -0.145. The van der Waals surface area contributed by atoms with E-state index in [1.165, 1.54) is 6.92 Å². The molecule has 9 heteroatoms. The summed E-state index contributed by atoms with van der Waals surface area (Å²) in [6, 6.07) is 3.13. The lowest BCUT2D eigenvalue weighted by Gasteiger charge is -2.16. The molecule has 2 aromatic rings. The van der Waals surface area contributed by atoms with Gasteiger partial charge in [-0.2, -0.15) is 26.3 Å². The maximum Gasteiger partial charge on any atom is 0.433 e. The molecule has 3 nitrogen and oxygen atoms in total. The Morgan fingerprint density at radius 3 is 2.30 bits per heavy atom. The van der Waals surface area contributed by atoms with E-state index in [2.05, 4.69) is 4.98 Å². The van der Waals surface area contributed by atoms with E-state index in [0.717, 1.165) is 18.2 Å². The van der Waals surface area contributed by atoms with Crippen molar-refractivity contribution < 1.29 is 35.9 Å². The third-order valence-corrected chi connectivity index (χ3v) is 2.90. The fourth-order valence-corrected chi connectivity index (χ4v) is 1.90. The van der Waals surface area contributed by atoms with Gasteiger partial charge in [0.15, 0.2) is 0 Å². The predicted octanol–water partition coefficient (Wildman–Crippen LogP) is 4.59. The smallest absolute Gasteiger partial charge is 0.426 e. The second-order valence-corrected chi connectivity index (χ2v) is 4.53. The van der Waals surface area contributed by atoms with Gasteiger partial charge in [0.05, 0.1) is 16.5 Å². The van der Waals surface area contributed by atoms with Crippen LogP contribution in [0.3, 0.4) is 0 Å². The van der Waals surface area contributed by atoms with Gasteiger partial charge in [-0.3, -0.25) is 4.79 Å². The second-order valence-electron chi connectivity index (χ2n) is 4.53. The molecule has 0 aliphatic rings. The molecule has 0 fully saturated rings. The van der Waals surface area contributed by atoms with Crippen LogP contribution >= 0.6 is 0 Å². The lowest BCUT2D eigenvalue weighted by atomic mass is 10.1. The molecular formula is C14H9F6NO2. The van der Waals surface area contributed by atoms with Crippen molar-refractivity contribution in [3.63, 3.8) is 0 Å². The Labute approximate surface area is 125 Å². The first-order chi connectivity index (χ1) is 10.5. The largest absolute Gasteiger partial charge is 0.433 e. The van der Waals surface area contributed by atoms with Crippen LogP contribution in [0, 0.1) is 0 Å². The van der Waals surface area contributed by atoms with Crippen molar-refractivity contribution in [1.82, 2.24) is 4.98 Å². The molecule has 0 saturated heterocycles. The van der Waals surface area contributed by atoms with E-state index in [1.54, 1.807) is 0 Å². The highest BCUT2D eigenvalue weighted by Gasteiger charge is 2.40. The highest BCUT2D eigenvalue weighted by Crippen LogP contribution is 2.41. The van der Waals surface area contributed by atoms with Crippen LogP contribution in [0.15, 0.2) is 24.3 Å². The van der Waals surface area contributed by atoms with Gasteiger partial charge in [-0.25, -0.2) is 4.98 Å². The summed E-state index contributed by atoms with van der Waals surface area (Å²) in [6.45, 7) is 1.43. The van der Waals surface area contributed by atoms with E-state index in [0.29, 0.717) is 0 Å². The van der Waals surface area contributed by atoms with E-state index in [4.69, 9.17) is 4.74 Å². The van der Waals surface area contributed by atoms with Crippen molar-refractivity contribution in [3.8, 4) is 5.75 Å². The Morgan fingerprint density at radius 2 is 1.78 bits per heavy atom. The number of ether oxygens (including phenoxy) is 1. The van der Waals surface area contributed by atoms with Gasteiger partial charge in [-0.05, 0) is 18.2 Å². The number of hydrogen-bond donors (Lipinski definition) is 0. The first-order valence-corrected chi connectivity index (χ1v) is 6.33. The summed E-state index contributed by atoms with van der Waals surface area (Å²) in [6.07, 6.45) is -10.2. The van der Waals surface area contributed by atoms with Crippen LogP contribution in [0.25, 0.3) is 10.9 Å². The van der Waals surface area contributed by atoms with Gasteiger partial charge in [0.2, 0.25) is 0 Å². The highest BCUT2D eigenvalue weighted by molar-refractivity contribution is 5.91. The number of hydrogen-bond acceptors (Lipinski definition) is 3. The number of esters is 1. The maximum atomic E-state index is 13.1. The fourth-order valence-electron chi connectivity index (χ4n) is 1.90. The summed E-state index contributed by atoms with van der Waals surface area (Å²) in [5, 5.41) is -0.685. The maximum absolute atomic E-state index is 13.1. The second kappa shape index (κ2) is 5.71. The average molecular weight is 337 g/mol. The minimum absolute atomic E-state index is 0.0917. The number of benzene rings is 1. The number of carbonyl (C=O) groups is 1. The van der Waals surface area contributed by atoms with Crippen LogP contribution in [0.5, 0.6) is 5.75 Å². The molecule has 0 spiro atoms. The standard InChI is InChI=1S/C14H9F6NO2/c1-2-11(22)23-9-5-3-4-8-12(9)7(13(15,16)17)6-10(21-8)14(18,19)20/h3-6H,2H2,1H3. The van der Waals surface area contributed by atoms with Crippen LogP contribution in [0.1, 0.15) is 24.6 Å². The molecule has 0 bridgehead atoms. The molecule has 1 aromatic carbocycles. The third-order valence-electron chi connectivity index (χ3n) is 2.90. The molecule has 23 heavy (non-hydrogen) atoms. The van der Waals surface area contributed by atoms with Gasteiger partial charge in [0, 0.05) is 6.42 Å². The van der Waals surface area contributed by atoms with Crippen molar-refractivity contribution in [2.75, 3.05) is 0 Å². The first-order valence-electron chi connectivity index (χ1n) is 6.33. The van der Waals surface area contributed by atoms with Crippen LogP contribution in [-0.2, 0) is 17.1 Å². The van der Waals surface area contributed by atoms with Gasteiger partial charge < -0.3 is 4.74 Å². The zero-order valence-electron chi connectivity index (χ0n) is 11.5. The van der Waals surface area contributed by atoms with Crippen molar-refractivity contribution in [2.45, 2.75) is 25.7 Å². The van der Waals surface area contributed by atoms with Crippen molar-refractivity contribution in [3.05, 3.63) is 35.5 Å². The monoisotopic (exact) mass is 337 g/mol. The van der Waals surface area contributed by atoms with Crippen molar-refractivity contribution >= 4 is 16.9 Å². The summed E-state index contributed by atoms with van der Waals surface area (Å²) < 4.78 is 82.4. The zero-order valence-corrected chi connectivity index (χ0v) is 11.5. The minimum Gasteiger partial charge on any atom is -0.426 e. The van der Waals surface area contributed by atoms with Gasteiger partial charge in [-0.15, -0.1) is 0 Å². The normalized spacial score (nSPS) is 12.5. The number of fused-ring (bicyclic) bond motifs is 1. The Kier molecular flexibility index (Phi) is 4.23. The lowest BCUT2D eigenvalue weighted by Crippen LogP contribution is -2.15. The molecule has 2 rings (SSSR count). The van der Waals surface area contributed by atoms with Crippen molar-refractivity contribution in [1.29, 1.82) is 0 Å². The summed E-state index contributed by atoms with van der Waals surface area (Å²) in [4.78, 5) is 14.5. The quantitative estimate of drug-likeness (QED) is 0.457. The van der Waals surface area contributed by atoms with Gasteiger partial charge in [-0.1, -0.05) is 13.0 Å². The van der Waals surface area contributed by atoms with Crippen LogP contribution in [0.4, 0.5) is 26.3 Å². The summed E-state index contributed by atoms with van der Waals surface area (Å²) >= 11 is 0. The van der Waals surface area contributed by atoms with E-state index in [-0.39, 0.29) is 12.5 Å². The Morgan fingerprint density at radius 1 is 1.13 bits per heavy atom. The highest BCUT2D eigenvalue weighted by atomic mass is 19.4. The topological polar surface area (TPSA) is 39.2 Å². The number of nitrogens with zero attached hydrogens (tertiary/aromatic N) is 1. The molecule has 0 N–H and O–H groups in total. The number of carbonyl (C=O) groups excluding carboxylic acids is 1. The zero-order chi connectivity index (χ0) is 17.4. The molecule has 0 atom stereocenters. The van der Waals surface area contributed by atoms with Crippen molar-refractivity contribution in [2.24, 2.45) is 0 Å². The van der Waals surface area contributed by atoms with E-state index >= 15 is 0 Å². The summed E-state index contributed by atoms with van der Waals surface area (Å²) in [7, 11) is 0. The fraction of sp³-hybridized carbons (Fsp3) is 0.286. The molecule has 0 aliphatic heterocycles. The molecule has 1 heterocycles. The van der Waals surface area contributed by atoms with Gasteiger partial charge in [0.1, 0.15) is 11.4 Å². The van der Waals surface area contributed by atoms with E-state index in [9.17, 15) is 31.1 Å². The number of alkyl halides is 6. The number of halogens is 6. The summed E-state index contributed by atoms with van der Waals surface area (Å²) in [5.41, 5.74) is -3.79. The molecule has 0 saturated carbocycles. The molecule has 0 aliphatic carbocycles. The van der Waals surface area contributed by atoms with Gasteiger partial charge in [0.25, 0.3) is 0 Å². The molecule has 1 aromatic heterocycles. The van der Waals surface area contributed by atoms with E-state index < -0.39 is 46.2 Å². The Bertz CT molecular complexity index is 751. The molecule has 0 unspecified atom stereocenters. The molecular weight excluding hydrogens is 328 g/mol. The van der Waals surface area contributed by atoms with Crippen LogP contribution < -0.4 is 4.74 Å². The Hall–Kier alpha value is -2.32. The molecule has 124 valence electrons. The third kappa shape index (κ3) is 3.54. The SMILES string of the molecule is CCC(=O)Oc1cccc2nc(C(F)(F)F)cc(C(F)(F)F)c12. The molecule has 0 radical (unpaired) electrons. The van der Waals surface area contributed by atoms with E-state index in [1.807, 2.05) is 0 Å². The molecule has 0 amide bonds. The van der Waals surface area contributed by atoms with Crippen LogP contribution in [-0.4, -0.2) is 11.0 Å². The Balaban J connectivity index is 2.80. The first kappa shape index (κ1) is 17.0. The number of aromatic nitrogens is 1. The average Bonchev–Trinajstić information content (AvgIpc) is 2.44.